The van der Waals surface area contributed by atoms with Crippen LogP contribution in [-0.2, 0) is 9.47 Å². The molecule has 0 fully saturated rings. The van der Waals surface area contributed by atoms with Gasteiger partial charge in [0.1, 0.15) is 22.7 Å². The number of anilines is 1. The molecule has 1 heterocycles. The summed E-state index contributed by atoms with van der Waals surface area (Å²) < 4.78 is 22.3. The lowest BCUT2D eigenvalue weighted by Gasteiger charge is -2.24. The van der Waals surface area contributed by atoms with Crippen LogP contribution in [0.2, 0.25) is 0 Å². The molecule has 1 atom stereocenters. The molecule has 0 spiro atoms. The van der Waals surface area contributed by atoms with Crippen LogP contribution in [0.1, 0.15) is 61.0 Å². The lowest BCUT2D eigenvalue weighted by atomic mass is 9.85. The quantitative estimate of drug-likeness (QED) is 0.386. The van der Waals surface area contributed by atoms with E-state index in [9.17, 15) is 9.59 Å². The number of nitrogens with one attached hydrogen (secondary N) is 1. The second-order valence-corrected chi connectivity index (χ2v) is 9.90. The summed E-state index contributed by atoms with van der Waals surface area (Å²) in [6.07, 6.45) is 1.13. The SMILES string of the molecule is COC(=O)c1c(OC)cccc1-c1cc(NC(=O)OC(C)(C)C)c2c(c1)C(c1ccccc1)CCCO2. The fourth-order valence-corrected chi connectivity index (χ4v) is 4.64. The highest BCUT2D eigenvalue weighted by molar-refractivity contribution is 6.01. The van der Waals surface area contributed by atoms with Crippen molar-refractivity contribution in [1.82, 2.24) is 0 Å². The number of ether oxygens (including phenoxy) is 4. The van der Waals surface area contributed by atoms with Gasteiger partial charge in [0.15, 0.2) is 0 Å². The van der Waals surface area contributed by atoms with Crippen molar-refractivity contribution in [3.05, 3.63) is 77.4 Å². The molecule has 0 saturated carbocycles. The monoisotopic (exact) mass is 503 g/mol. The van der Waals surface area contributed by atoms with E-state index in [1.807, 2.05) is 57.2 Å². The van der Waals surface area contributed by atoms with Crippen LogP contribution in [0, 0.1) is 0 Å². The first kappa shape index (κ1) is 26.1. The molecule has 4 rings (SSSR count). The average molecular weight is 504 g/mol. The molecule has 1 aliphatic rings. The van der Waals surface area contributed by atoms with Crippen molar-refractivity contribution >= 4 is 17.7 Å². The Labute approximate surface area is 217 Å². The molecule has 7 nitrogen and oxygen atoms in total. The highest BCUT2D eigenvalue weighted by Gasteiger charge is 2.28. The lowest BCUT2D eigenvalue weighted by Crippen LogP contribution is -2.27. The van der Waals surface area contributed by atoms with Gasteiger partial charge >= 0.3 is 12.1 Å². The third-order valence-corrected chi connectivity index (χ3v) is 6.16. The predicted octanol–water partition coefficient (Wildman–Crippen LogP) is 6.80. The summed E-state index contributed by atoms with van der Waals surface area (Å²) in [5, 5.41) is 2.89. The highest BCUT2D eigenvalue weighted by Crippen LogP contribution is 2.45. The number of hydrogen-bond acceptors (Lipinski definition) is 6. The Morgan fingerprint density at radius 3 is 2.43 bits per heavy atom. The number of rotatable bonds is 5. The van der Waals surface area contributed by atoms with Crippen molar-refractivity contribution in [2.75, 3.05) is 26.1 Å². The minimum atomic E-state index is -0.670. The lowest BCUT2D eigenvalue weighted by molar-refractivity contribution is 0.0595. The molecule has 0 aromatic heterocycles. The number of methoxy groups -OCH3 is 2. The minimum absolute atomic E-state index is 0.0324. The Morgan fingerprint density at radius 1 is 1.00 bits per heavy atom. The third-order valence-electron chi connectivity index (χ3n) is 6.16. The zero-order valence-corrected chi connectivity index (χ0v) is 21.9. The number of amides is 1. The number of hydrogen-bond donors (Lipinski definition) is 1. The van der Waals surface area contributed by atoms with Crippen molar-refractivity contribution < 1.29 is 28.5 Å². The fourth-order valence-electron chi connectivity index (χ4n) is 4.64. The molecule has 1 aliphatic heterocycles. The summed E-state index contributed by atoms with van der Waals surface area (Å²) in [5.41, 5.74) is 3.52. The van der Waals surface area contributed by atoms with Crippen LogP contribution in [0.3, 0.4) is 0 Å². The first-order chi connectivity index (χ1) is 17.7. The maximum absolute atomic E-state index is 12.8. The van der Waals surface area contributed by atoms with E-state index >= 15 is 0 Å². The first-order valence-corrected chi connectivity index (χ1v) is 12.3. The van der Waals surface area contributed by atoms with Crippen molar-refractivity contribution in [2.45, 2.75) is 45.1 Å². The van der Waals surface area contributed by atoms with E-state index in [1.165, 1.54) is 14.2 Å². The summed E-state index contributed by atoms with van der Waals surface area (Å²) in [6, 6.07) is 19.4. The van der Waals surface area contributed by atoms with E-state index in [2.05, 4.69) is 17.4 Å². The Kier molecular flexibility index (Phi) is 7.71. The topological polar surface area (TPSA) is 83.1 Å². The van der Waals surface area contributed by atoms with Crippen LogP contribution in [0.15, 0.2) is 60.7 Å². The van der Waals surface area contributed by atoms with Gasteiger partial charge in [-0.25, -0.2) is 9.59 Å². The fraction of sp³-hybridized carbons (Fsp3) is 0.333. The molecule has 0 aliphatic carbocycles. The molecule has 3 aromatic rings. The minimum Gasteiger partial charge on any atom is -0.496 e. The molecular weight excluding hydrogens is 470 g/mol. The number of benzene rings is 3. The molecule has 1 amide bonds. The van der Waals surface area contributed by atoms with Gasteiger partial charge in [-0.3, -0.25) is 5.32 Å². The summed E-state index contributed by atoms with van der Waals surface area (Å²) in [6.45, 7) is 5.95. The van der Waals surface area contributed by atoms with Gasteiger partial charge in [-0.2, -0.15) is 0 Å². The van der Waals surface area contributed by atoms with Gasteiger partial charge in [0, 0.05) is 17.0 Å². The maximum atomic E-state index is 12.8. The number of carbonyl (C=O) groups is 2. The van der Waals surface area contributed by atoms with Crippen LogP contribution in [0.5, 0.6) is 11.5 Å². The Bertz CT molecular complexity index is 1280. The van der Waals surface area contributed by atoms with Crippen molar-refractivity contribution in [1.29, 1.82) is 0 Å². The first-order valence-electron chi connectivity index (χ1n) is 12.3. The van der Waals surface area contributed by atoms with Crippen LogP contribution in [0.4, 0.5) is 10.5 Å². The van der Waals surface area contributed by atoms with Crippen molar-refractivity contribution in [2.24, 2.45) is 0 Å². The van der Waals surface area contributed by atoms with Gasteiger partial charge in [0.2, 0.25) is 0 Å². The van der Waals surface area contributed by atoms with E-state index in [-0.39, 0.29) is 5.92 Å². The van der Waals surface area contributed by atoms with Gasteiger partial charge in [-0.1, -0.05) is 42.5 Å². The molecule has 194 valence electrons. The van der Waals surface area contributed by atoms with E-state index in [0.29, 0.717) is 34.9 Å². The van der Waals surface area contributed by atoms with Crippen LogP contribution < -0.4 is 14.8 Å². The maximum Gasteiger partial charge on any atom is 0.412 e. The smallest absolute Gasteiger partial charge is 0.412 e. The largest absolute Gasteiger partial charge is 0.496 e. The Hall–Kier alpha value is -4.00. The van der Waals surface area contributed by atoms with Crippen LogP contribution in [0.25, 0.3) is 11.1 Å². The van der Waals surface area contributed by atoms with E-state index in [1.54, 1.807) is 12.1 Å². The van der Waals surface area contributed by atoms with Gasteiger partial charge in [-0.15, -0.1) is 0 Å². The summed E-state index contributed by atoms with van der Waals surface area (Å²) in [5.74, 6) is 0.519. The summed E-state index contributed by atoms with van der Waals surface area (Å²) >= 11 is 0. The molecule has 1 N–H and O–H groups in total. The highest BCUT2D eigenvalue weighted by atomic mass is 16.6. The number of carbonyl (C=O) groups excluding carboxylic acids is 2. The van der Waals surface area contributed by atoms with Crippen LogP contribution in [-0.4, -0.2) is 38.5 Å². The third kappa shape index (κ3) is 5.88. The van der Waals surface area contributed by atoms with Gasteiger partial charge < -0.3 is 18.9 Å². The molecule has 7 heteroatoms. The average Bonchev–Trinajstić information content (AvgIpc) is 3.10. The number of esters is 1. The molecule has 0 saturated heterocycles. The molecule has 0 bridgehead atoms. The van der Waals surface area contributed by atoms with Crippen LogP contribution >= 0.6 is 0 Å². The molecule has 0 radical (unpaired) electrons. The van der Waals surface area contributed by atoms with Crippen molar-refractivity contribution in [3.63, 3.8) is 0 Å². The standard InChI is InChI=1S/C30H33NO6/c1-30(2,3)37-29(33)31-24-18-20(22-13-9-15-25(34-4)26(22)28(32)35-5)17-23-21(14-10-16-36-27(23)24)19-11-7-6-8-12-19/h6-9,11-13,15,17-18,21H,10,14,16H2,1-5H3,(H,31,33). The van der Waals surface area contributed by atoms with Gasteiger partial charge in [-0.05, 0) is 62.9 Å². The van der Waals surface area contributed by atoms with Gasteiger partial charge in [0.05, 0.1) is 26.5 Å². The zero-order chi connectivity index (χ0) is 26.6. The predicted molar refractivity (Wildman–Crippen MR) is 143 cm³/mol. The summed E-state index contributed by atoms with van der Waals surface area (Å²) in [7, 11) is 2.85. The Morgan fingerprint density at radius 2 is 1.76 bits per heavy atom. The second-order valence-electron chi connectivity index (χ2n) is 9.90. The zero-order valence-electron chi connectivity index (χ0n) is 21.9. The van der Waals surface area contributed by atoms with E-state index in [4.69, 9.17) is 18.9 Å². The molecule has 37 heavy (non-hydrogen) atoms. The second kappa shape index (κ2) is 10.9. The molecular formula is C30H33NO6. The van der Waals surface area contributed by atoms with E-state index in [0.717, 1.165) is 29.5 Å². The van der Waals surface area contributed by atoms with E-state index < -0.39 is 17.7 Å². The molecule has 1 unspecified atom stereocenters. The number of fused-ring (bicyclic) bond motifs is 1. The van der Waals surface area contributed by atoms with Crippen molar-refractivity contribution in [3.8, 4) is 22.6 Å². The summed E-state index contributed by atoms with van der Waals surface area (Å²) in [4.78, 5) is 25.7. The molecule has 3 aromatic carbocycles. The Balaban J connectivity index is 1.94. The normalized spacial score (nSPS) is 15.0. The van der Waals surface area contributed by atoms with Gasteiger partial charge in [0.25, 0.3) is 0 Å².